The van der Waals surface area contributed by atoms with Gasteiger partial charge >= 0.3 is 0 Å². The standard InChI is InChI=1S/C27H22INO5/c1-3-33-23-14-17(12-21-25(31)19-6-4-5-7-20(19)26(21)32)13-22(28)27(23)34-15-24(30)29-18-10-8-16(2)9-11-18/h4-14H,3,15H2,1-2H3,(H,29,30). The molecule has 1 aliphatic carbocycles. The topological polar surface area (TPSA) is 81.7 Å². The first-order valence-corrected chi connectivity index (χ1v) is 11.8. The summed E-state index contributed by atoms with van der Waals surface area (Å²) in [4.78, 5) is 37.8. The number of anilines is 1. The highest BCUT2D eigenvalue weighted by atomic mass is 127. The summed E-state index contributed by atoms with van der Waals surface area (Å²) in [5, 5.41) is 2.80. The van der Waals surface area contributed by atoms with Crippen molar-refractivity contribution in [2.75, 3.05) is 18.5 Å². The molecule has 0 aromatic heterocycles. The van der Waals surface area contributed by atoms with Crippen LogP contribution >= 0.6 is 22.6 Å². The first kappa shape index (κ1) is 23.7. The van der Waals surface area contributed by atoms with Crippen LogP contribution in [-0.2, 0) is 4.79 Å². The van der Waals surface area contributed by atoms with Crippen LogP contribution in [-0.4, -0.2) is 30.7 Å². The van der Waals surface area contributed by atoms with E-state index in [2.05, 4.69) is 27.9 Å². The number of Topliss-reactive ketones (excluding diaryl/α,β-unsaturated/α-hetero) is 2. The van der Waals surface area contributed by atoms with Gasteiger partial charge in [-0.3, -0.25) is 14.4 Å². The second-order valence-electron chi connectivity index (χ2n) is 7.73. The molecule has 0 saturated carbocycles. The Hall–Kier alpha value is -3.46. The number of amides is 1. The Kier molecular flexibility index (Phi) is 7.12. The van der Waals surface area contributed by atoms with E-state index in [9.17, 15) is 14.4 Å². The number of allylic oxidation sites excluding steroid dienone is 1. The number of carbonyl (C=O) groups is 3. The zero-order valence-electron chi connectivity index (χ0n) is 18.7. The summed E-state index contributed by atoms with van der Waals surface area (Å²) in [5.41, 5.74) is 3.37. The molecular formula is C27H22INO5. The van der Waals surface area contributed by atoms with E-state index >= 15 is 0 Å². The van der Waals surface area contributed by atoms with Crippen molar-refractivity contribution in [1.29, 1.82) is 0 Å². The van der Waals surface area contributed by atoms with Gasteiger partial charge in [-0.25, -0.2) is 0 Å². The summed E-state index contributed by atoms with van der Waals surface area (Å²) in [7, 11) is 0. The van der Waals surface area contributed by atoms with Crippen molar-refractivity contribution < 1.29 is 23.9 Å². The fourth-order valence-electron chi connectivity index (χ4n) is 3.62. The van der Waals surface area contributed by atoms with Crippen LogP contribution in [0.4, 0.5) is 5.69 Å². The molecular weight excluding hydrogens is 545 g/mol. The summed E-state index contributed by atoms with van der Waals surface area (Å²) in [6.07, 6.45) is 1.57. The molecule has 0 radical (unpaired) electrons. The number of fused-ring (bicyclic) bond motifs is 1. The van der Waals surface area contributed by atoms with Crippen LogP contribution < -0.4 is 14.8 Å². The molecule has 34 heavy (non-hydrogen) atoms. The van der Waals surface area contributed by atoms with E-state index < -0.39 is 0 Å². The molecule has 7 heteroatoms. The fourth-order valence-corrected chi connectivity index (χ4v) is 4.40. The molecule has 172 valence electrons. The van der Waals surface area contributed by atoms with Gasteiger partial charge < -0.3 is 14.8 Å². The Morgan fingerprint density at radius 2 is 1.62 bits per heavy atom. The molecule has 1 amide bonds. The molecule has 0 heterocycles. The third kappa shape index (κ3) is 5.04. The quantitative estimate of drug-likeness (QED) is 0.233. The first-order valence-electron chi connectivity index (χ1n) is 10.7. The maximum Gasteiger partial charge on any atom is 0.262 e. The summed E-state index contributed by atoms with van der Waals surface area (Å²) < 4.78 is 12.2. The summed E-state index contributed by atoms with van der Waals surface area (Å²) >= 11 is 2.09. The maximum atomic E-state index is 12.7. The van der Waals surface area contributed by atoms with Gasteiger partial charge in [-0.05, 0) is 72.3 Å². The lowest BCUT2D eigenvalue weighted by Crippen LogP contribution is -2.20. The summed E-state index contributed by atoms with van der Waals surface area (Å²) in [5.74, 6) is -0.0210. The molecule has 4 rings (SSSR count). The minimum absolute atomic E-state index is 0.116. The van der Waals surface area contributed by atoms with Crippen molar-refractivity contribution >= 4 is 51.8 Å². The van der Waals surface area contributed by atoms with Gasteiger partial charge in [-0.1, -0.05) is 42.0 Å². The van der Waals surface area contributed by atoms with Crippen LogP contribution in [0.2, 0.25) is 0 Å². The highest BCUT2D eigenvalue weighted by molar-refractivity contribution is 14.1. The Balaban J connectivity index is 1.54. The van der Waals surface area contributed by atoms with Crippen molar-refractivity contribution in [3.63, 3.8) is 0 Å². The van der Waals surface area contributed by atoms with Crippen LogP contribution in [0.15, 0.2) is 66.2 Å². The zero-order chi connectivity index (χ0) is 24.2. The Morgan fingerprint density at radius 1 is 0.971 bits per heavy atom. The van der Waals surface area contributed by atoms with Gasteiger partial charge in [-0.2, -0.15) is 0 Å². The van der Waals surface area contributed by atoms with Crippen molar-refractivity contribution in [3.05, 3.63) is 92.1 Å². The molecule has 3 aromatic rings. The number of rotatable bonds is 7. The van der Waals surface area contributed by atoms with Crippen LogP contribution in [0.1, 0.15) is 38.8 Å². The van der Waals surface area contributed by atoms with Gasteiger partial charge in [0, 0.05) is 16.8 Å². The Labute approximate surface area is 211 Å². The van der Waals surface area contributed by atoms with E-state index in [0.717, 1.165) is 5.56 Å². The minimum atomic E-state index is -0.298. The number of benzene rings is 3. The van der Waals surface area contributed by atoms with Gasteiger partial charge in [0.1, 0.15) is 0 Å². The second-order valence-corrected chi connectivity index (χ2v) is 8.89. The minimum Gasteiger partial charge on any atom is -0.490 e. The number of halogens is 1. The normalized spacial score (nSPS) is 12.4. The van der Waals surface area contributed by atoms with Gasteiger partial charge in [-0.15, -0.1) is 0 Å². The molecule has 6 nitrogen and oxygen atoms in total. The van der Waals surface area contributed by atoms with Crippen molar-refractivity contribution in [2.24, 2.45) is 0 Å². The lowest BCUT2D eigenvalue weighted by atomic mass is 10.1. The van der Waals surface area contributed by atoms with Crippen molar-refractivity contribution in [2.45, 2.75) is 13.8 Å². The lowest BCUT2D eigenvalue weighted by Gasteiger charge is -2.15. The number of hydrogen-bond donors (Lipinski definition) is 1. The van der Waals surface area contributed by atoms with Gasteiger partial charge in [0.05, 0.1) is 15.8 Å². The largest absolute Gasteiger partial charge is 0.490 e. The number of ketones is 2. The number of ether oxygens (including phenoxy) is 2. The predicted molar refractivity (Wildman–Crippen MR) is 139 cm³/mol. The number of aryl methyl sites for hydroxylation is 1. The summed E-state index contributed by atoms with van der Waals surface area (Å²) in [6.45, 7) is 4.00. The molecule has 0 fully saturated rings. The molecule has 1 N–H and O–H groups in total. The molecule has 0 aliphatic heterocycles. The fraction of sp³-hybridized carbons (Fsp3) is 0.148. The van der Waals surface area contributed by atoms with Crippen LogP contribution in [0.3, 0.4) is 0 Å². The smallest absolute Gasteiger partial charge is 0.262 e. The second kappa shape index (κ2) is 10.2. The zero-order valence-corrected chi connectivity index (χ0v) is 20.8. The SMILES string of the molecule is CCOc1cc(C=C2C(=O)c3ccccc3C2=O)cc(I)c1OCC(=O)Nc1ccc(C)cc1. The molecule has 1 aliphatic rings. The average Bonchev–Trinajstić information content (AvgIpc) is 3.05. The molecule has 0 spiro atoms. The highest BCUT2D eigenvalue weighted by Crippen LogP contribution is 2.36. The van der Waals surface area contributed by atoms with E-state index in [0.29, 0.717) is 44.1 Å². The van der Waals surface area contributed by atoms with E-state index in [1.165, 1.54) is 0 Å². The van der Waals surface area contributed by atoms with E-state index in [-0.39, 0.29) is 29.7 Å². The van der Waals surface area contributed by atoms with Crippen LogP contribution in [0.25, 0.3) is 6.08 Å². The van der Waals surface area contributed by atoms with Gasteiger partial charge in [0.15, 0.2) is 29.7 Å². The monoisotopic (exact) mass is 567 g/mol. The Bertz CT molecular complexity index is 1270. The third-order valence-corrected chi connectivity index (χ3v) is 6.03. The van der Waals surface area contributed by atoms with Gasteiger partial charge in [0.25, 0.3) is 5.91 Å². The molecule has 0 bridgehead atoms. The molecule has 0 saturated heterocycles. The van der Waals surface area contributed by atoms with Crippen LogP contribution in [0.5, 0.6) is 11.5 Å². The van der Waals surface area contributed by atoms with Crippen molar-refractivity contribution in [1.82, 2.24) is 0 Å². The Morgan fingerprint density at radius 3 is 2.24 bits per heavy atom. The van der Waals surface area contributed by atoms with Gasteiger partial charge in [0.2, 0.25) is 0 Å². The molecule has 0 unspecified atom stereocenters. The van der Waals surface area contributed by atoms with E-state index in [4.69, 9.17) is 9.47 Å². The summed E-state index contributed by atoms with van der Waals surface area (Å²) in [6, 6.07) is 17.8. The number of nitrogens with one attached hydrogen (secondary N) is 1. The highest BCUT2D eigenvalue weighted by Gasteiger charge is 2.32. The number of carbonyl (C=O) groups excluding carboxylic acids is 3. The average molecular weight is 567 g/mol. The van der Waals surface area contributed by atoms with Crippen molar-refractivity contribution in [3.8, 4) is 11.5 Å². The third-order valence-electron chi connectivity index (χ3n) is 5.23. The van der Waals surface area contributed by atoms with E-state index in [1.807, 2.05) is 38.1 Å². The van der Waals surface area contributed by atoms with E-state index in [1.54, 1.807) is 42.5 Å². The maximum absolute atomic E-state index is 12.7. The molecule has 3 aromatic carbocycles. The lowest BCUT2D eigenvalue weighted by molar-refractivity contribution is -0.118. The molecule has 0 atom stereocenters. The van der Waals surface area contributed by atoms with Crippen LogP contribution in [0, 0.1) is 10.5 Å². The predicted octanol–water partition coefficient (Wildman–Crippen LogP) is 5.48. The first-order chi connectivity index (χ1) is 16.4. The number of hydrogen-bond acceptors (Lipinski definition) is 5.